The van der Waals surface area contributed by atoms with Crippen molar-refractivity contribution in [2.24, 2.45) is 0 Å². The van der Waals surface area contributed by atoms with Crippen molar-refractivity contribution in [1.29, 1.82) is 0 Å². The maximum absolute atomic E-state index is 11.6. The van der Waals surface area contributed by atoms with E-state index < -0.39 is 0 Å². The molecule has 1 aliphatic heterocycles. The number of benzene rings is 2. The van der Waals surface area contributed by atoms with E-state index in [2.05, 4.69) is 0 Å². The maximum Gasteiger partial charge on any atom is 0.344 e. The van der Waals surface area contributed by atoms with E-state index in [1.807, 2.05) is 48.5 Å². The number of fused-ring (bicyclic) bond motifs is 1. The average Bonchev–Trinajstić information content (AvgIpc) is 2.70. The number of ether oxygens (including phenoxy) is 1. The summed E-state index contributed by atoms with van der Waals surface area (Å²) in [5.41, 5.74) is 3.10. The predicted molar refractivity (Wildman–Crippen MR) is 71.6 cm³/mol. The lowest BCUT2D eigenvalue weighted by Gasteiger charge is -1.99. The minimum atomic E-state index is -0.299. The first kappa shape index (κ1) is 10.8. The summed E-state index contributed by atoms with van der Waals surface area (Å²) in [5, 5.41) is 0. The van der Waals surface area contributed by atoms with Crippen molar-refractivity contribution in [2.45, 2.75) is 0 Å². The molecule has 1 aliphatic rings. The van der Waals surface area contributed by atoms with Crippen molar-refractivity contribution in [1.82, 2.24) is 0 Å². The molecule has 0 N–H and O–H groups in total. The Morgan fingerprint density at radius 1 is 0.944 bits per heavy atom. The Balaban J connectivity index is 2.04. The molecule has 0 aliphatic carbocycles. The Morgan fingerprint density at radius 3 is 2.33 bits per heavy atom. The van der Waals surface area contributed by atoms with Gasteiger partial charge in [0, 0.05) is 5.56 Å². The quantitative estimate of drug-likeness (QED) is 0.556. The van der Waals surface area contributed by atoms with Crippen LogP contribution in [0.2, 0.25) is 0 Å². The van der Waals surface area contributed by atoms with Crippen LogP contribution in [0.4, 0.5) is 0 Å². The number of carbonyl (C=O) groups is 1. The summed E-state index contributed by atoms with van der Waals surface area (Å²) >= 11 is 0. The summed E-state index contributed by atoms with van der Waals surface area (Å²) in [6.45, 7) is 0. The molecule has 0 saturated heterocycles. The van der Waals surface area contributed by atoms with Gasteiger partial charge >= 0.3 is 5.97 Å². The monoisotopic (exact) mass is 232 g/mol. The van der Waals surface area contributed by atoms with Crippen LogP contribution in [-0.2, 0) is 4.74 Å². The van der Waals surface area contributed by atoms with E-state index >= 15 is 0 Å². The van der Waals surface area contributed by atoms with Crippen molar-refractivity contribution in [3.63, 3.8) is 0 Å². The molecule has 0 atom stereocenters. The van der Waals surface area contributed by atoms with Crippen LogP contribution in [-0.4, -0.2) is 13.8 Å². The van der Waals surface area contributed by atoms with Crippen LogP contribution in [0.1, 0.15) is 21.5 Å². The molecule has 0 fully saturated rings. The Hall–Kier alpha value is -2.29. The molecule has 2 radical (unpaired) electrons. The molecule has 0 amide bonds. The third-order valence-electron chi connectivity index (χ3n) is 2.85. The first-order valence-corrected chi connectivity index (χ1v) is 5.63. The molecule has 2 aromatic rings. The fraction of sp³-hybridized carbons (Fsp3) is 0. The van der Waals surface area contributed by atoms with Crippen molar-refractivity contribution < 1.29 is 9.53 Å². The van der Waals surface area contributed by atoms with E-state index in [1.54, 1.807) is 6.07 Å². The second-order valence-electron chi connectivity index (χ2n) is 4.11. The van der Waals surface area contributed by atoms with E-state index in [0.717, 1.165) is 11.1 Å². The van der Waals surface area contributed by atoms with Crippen molar-refractivity contribution in [3.8, 4) is 0 Å². The van der Waals surface area contributed by atoms with Gasteiger partial charge in [0.15, 0.2) is 0 Å². The zero-order valence-corrected chi connectivity index (χ0v) is 9.59. The molecule has 3 heteroatoms. The number of esters is 1. The van der Waals surface area contributed by atoms with Gasteiger partial charge in [0.1, 0.15) is 13.6 Å². The zero-order valence-electron chi connectivity index (χ0n) is 9.59. The van der Waals surface area contributed by atoms with Gasteiger partial charge in [0.25, 0.3) is 0 Å². The molecule has 0 unspecified atom stereocenters. The van der Waals surface area contributed by atoms with E-state index in [0.29, 0.717) is 16.8 Å². The first-order chi connectivity index (χ1) is 8.74. The average molecular weight is 232 g/mol. The fourth-order valence-electron chi connectivity index (χ4n) is 1.94. The smallest absolute Gasteiger partial charge is 0.344 e. The topological polar surface area (TPSA) is 26.3 Å². The summed E-state index contributed by atoms with van der Waals surface area (Å²) in [7, 11) is 5.63. The molecule has 84 valence electrons. The second kappa shape index (κ2) is 4.19. The van der Waals surface area contributed by atoms with Gasteiger partial charge in [-0.15, -0.1) is 0 Å². The van der Waals surface area contributed by atoms with Crippen molar-refractivity contribution >= 4 is 31.1 Å². The van der Waals surface area contributed by atoms with Crippen LogP contribution in [0.25, 0.3) is 11.8 Å². The van der Waals surface area contributed by atoms with Crippen molar-refractivity contribution in [2.75, 3.05) is 0 Å². The fourth-order valence-corrected chi connectivity index (χ4v) is 1.94. The molecule has 0 aromatic heterocycles. The third-order valence-corrected chi connectivity index (χ3v) is 2.85. The highest BCUT2D eigenvalue weighted by Crippen LogP contribution is 2.30. The van der Waals surface area contributed by atoms with Crippen LogP contribution < -0.4 is 5.46 Å². The Labute approximate surface area is 106 Å². The summed E-state index contributed by atoms with van der Waals surface area (Å²) < 4.78 is 5.26. The molecular formula is C15H9BO2. The summed E-state index contributed by atoms with van der Waals surface area (Å²) in [6.07, 6.45) is 1.84. The van der Waals surface area contributed by atoms with Crippen LogP contribution in [0.3, 0.4) is 0 Å². The van der Waals surface area contributed by atoms with Crippen LogP contribution in [0.5, 0.6) is 0 Å². The van der Waals surface area contributed by atoms with Gasteiger partial charge in [-0.3, -0.25) is 0 Å². The highest BCUT2D eigenvalue weighted by Gasteiger charge is 2.25. The van der Waals surface area contributed by atoms with Crippen LogP contribution >= 0.6 is 0 Å². The molecule has 2 aromatic carbocycles. The van der Waals surface area contributed by atoms with E-state index in [9.17, 15) is 4.79 Å². The second-order valence-corrected chi connectivity index (χ2v) is 4.11. The molecular weight excluding hydrogens is 223 g/mol. The minimum Gasteiger partial charge on any atom is -0.422 e. The zero-order chi connectivity index (χ0) is 12.5. The van der Waals surface area contributed by atoms with Gasteiger partial charge in [-0.2, -0.15) is 0 Å². The Morgan fingerprint density at radius 2 is 1.61 bits per heavy atom. The lowest BCUT2D eigenvalue weighted by molar-refractivity contribution is 0.0717. The third kappa shape index (κ3) is 1.84. The highest BCUT2D eigenvalue weighted by atomic mass is 16.5. The summed E-state index contributed by atoms with van der Waals surface area (Å²) in [6, 6.07) is 14.8. The van der Waals surface area contributed by atoms with Gasteiger partial charge in [-0.25, -0.2) is 4.79 Å². The number of carbonyl (C=O) groups excluding carboxylic acids is 1. The molecule has 18 heavy (non-hydrogen) atoms. The molecule has 0 bridgehead atoms. The molecule has 2 nitrogen and oxygen atoms in total. The normalized spacial score (nSPS) is 15.6. The van der Waals surface area contributed by atoms with Crippen molar-refractivity contribution in [3.05, 3.63) is 65.2 Å². The minimum absolute atomic E-state index is 0.299. The van der Waals surface area contributed by atoms with Crippen LogP contribution in [0, 0.1) is 0 Å². The van der Waals surface area contributed by atoms with Gasteiger partial charge < -0.3 is 4.74 Å². The Bertz CT molecular complexity index is 642. The predicted octanol–water partition coefficient (Wildman–Crippen LogP) is 2.15. The van der Waals surface area contributed by atoms with Gasteiger partial charge in [-0.1, -0.05) is 47.9 Å². The number of hydrogen-bond acceptors (Lipinski definition) is 2. The lowest BCUT2D eigenvalue weighted by Crippen LogP contribution is -1.99. The van der Waals surface area contributed by atoms with Gasteiger partial charge in [0.2, 0.25) is 0 Å². The molecule has 1 heterocycles. The summed E-state index contributed by atoms with van der Waals surface area (Å²) in [4.78, 5) is 11.6. The largest absolute Gasteiger partial charge is 0.422 e. The number of hydrogen-bond donors (Lipinski definition) is 0. The van der Waals surface area contributed by atoms with E-state index in [4.69, 9.17) is 12.6 Å². The Kier molecular flexibility index (Phi) is 2.52. The maximum atomic E-state index is 11.6. The lowest BCUT2D eigenvalue weighted by atomic mass is 9.95. The highest BCUT2D eigenvalue weighted by molar-refractivity contribution is 6.32. The molecule has 0 spiro atoms. The molecule has 0 saturated carbocycles. The van der Waals surface area contributed by atoms with E-state index in [1.165, 1.54) is 0 Å². The molecule has 3 rings (SSSR count). The van der Waals surface area contributed by atoms with E-state index in [-0.39, 0.29) is 5.97 Å². The number of rotatable bonds is 1. The van der Waals surface area contributed by atoms with Gasteiger partial charge in [0.05, 0.1) is 5.56 Å². The van der Waals surface area contributed by atoms with Crippen LogP contribution in [0.15, 0.2) is 48.5 Å². The summed E-state index contributed by atoms with van der Waals surface area (Å²) in [5.74, 6) is 0.285. The van der Waals surface area contributed by atoms with Gasteiger partial charge in [-0.05, 0) is 17.7 Å². The number of cyclic esters (lactones) is 1. The standard InChI is InChI=1S/C15H9BO2/c16-11-7-5-10(6-8-11)9-14-12-3-1-2-4-13(12)15(17)18-14/h1-9H/b14-9-. The first-order valence-electron chi connectivity index (χ1n) is 5.63. The SMILES string of the molecule is [B]c1ccc(/C=C2\OC(=O)c3ccccc32)cc1.